The predicted molar refractivity (Wildman–Crippen MR) is 98.9 cm³/mol. The highest BCUT2D eigenvalue weighted by molar-refractivity contribution is 5.78. The van der Waals surface area contributed by atoms with Crippen molar-refractivity contribution in [1.29, 1.82) is 0 Å². The predicted octanol–water partition coefficient (Wildman–Crippen LogP) is 3.07. The van der Waals surface area contributed by atoms with Gasteiger partial charge in [-0.1, -0.05) is 13.0 Å². The summed E-state index contributed by atoms with van der Waals surface area (Å²) in [5.41, 5.74) is 7.35. The molecule has 134 valence electrons. The largest absolute Gasteiger partial charge is 0.493 e. The van der Waals surface area contributed by atoms with Crippen LogP contribution in [0.5, 0.6) is 11.5 Å². The van der Waals surface area contributed by atoms with Gasteiger partial charge < -0.3 is 20.1 Å². The number of likely N-dealkylation sites (tertiary alicyclic amines) is 1. The summed E-state index contributed by atoms with van der Waals surface area (Å²) >= 11 is 0. The summed E-state index contributed by atoms with van der Waals surface area (Å²) in [5, 5.41) is 0. The fourth-order valence-electron chi connectivity index (χ4n) is 2.96. The number of guanidine groups is 1. The number of benzene rings is 1. The Bertz CT molecular complexity index is 537. The second-order valence-electron chi connectivity index (χ2n) is 6.43. The number of aryl methyl sites for hydroxylation is 1. The van der Waals surface area contributed by atoms with Gasteiger partial charge in [-0.25, -0.2) is 0 Å². The molecule has 1 aromatic carbocycles. The topological polar surface area (TPSA) is 60.1 Å². The summed E-state index contributed by atoms with van der Waals surface area (Å²) in [6.07, 6.45) is 4.35. The van der Waals surface area contributed by atoms with Gasteiger partial charge >= 0.3 is 0 Å². The van der Waals surface area contributed by atoms with E-state index in [4.69, 9.17) is 15.2 Å². The molecule has 0 spiro atoms. The Morgan fingerprint density at radius 3 is 2.71 bits per heavy atom. The highest BCUT2D eigenvalue weighted by Crippen LogP contribution is 2.28. The van der Waals surface area contributed by atoms with E-state index in [0.717, 1.165) is 49.9 Å². The summed E-state index contributed by atoms with van der Waals surface area (Å²) < 4.78 is 10.9. The van der Waals surface area contributed by atoms with Gasteiger partial charge in [0.05, 0.1) is 13.7 Å². The minimum absolute atomic E-state index is 0.634. The first-order valence-electron chi connectivity index (χ1n) is 8.98. The maximum absolute atomic E-state index is 6.11. The lowest BCUT2D eigenvalue weighted by atomic mass is 10.00. The van der Waals surface area contributed by atoms with E-state index in [1.54, 1.807) is 7.11 Å². The Morgan fingerprint density at radius 2 is 2.04 bits per heavy atom. The number of hydrogen-bond donors (Lipinski definition) is 1. The number of aliphatic imine (C=N–C) groups is 1. The van der Waals surface area contributed by atoms with E-state index in [2.05, 4.69) is 28.9 Å². The molecule has 1 aliphatic heterocycles. The molecular weight excluding hydrogens is 302 g/mol. The molecule has 2 rings (SSSR count). The molecule has 0 amide bonds. The number of methoxy groups -OCH3 is 1. The molecular formula is C19H31N3O2. The molecule has 0 saturated carbocycles. The maximum atomic E-state index is 6.11. The van der Waals surface area contributed by atoms with Crippen LogP contribution in [-0.2, 0) is 6.42 Å². The van der Waals surface area contributed by atoms with E-state index in [0.29, 0.717) is 12.6 Å². The molecule has 0 radical (unpaired) electrons. The van der Waals surface area contributed by atoms with Crippen LogP contribution in [0.1, 0.15) is 38.7 Å². The lowest BCUT2D eigenvalue weighted by Gasteiger charge is -2.31. The molecule has 2 N–H and O–H groups in total. The van der Waals surface area contributed by atoms with Crippen molar-refractivity contribution in [3.63, 3.8) is 0 Å². The standard InChI is InChI=1S/C19H31N3O2/c1-4-24-18-14-16(7-8-17(18)23-3)6-5-11-21-19(20)22-12-9-15(2)10-13-22/h7-8,14-15H,4-6,9-13H2,1-3H3,(H2,20,21). The quantitative estimate of drug-likeness (QED) is 0.473. The zero-order valence-corrected chi connectivity index (χ0v) is 15.3. The van der Waals surface area contributed by atoms with Crippen molar-refractivity contribution in [2.75, 3.05) is 33.4 Å². The molecule has 24 heavy (non-hydrogen) atoms. The van der Waals surface area contributed by atoms with Crippen LogP contribution in [0.3, 0.4) is 0 Å². The first-order valence-corrected chi connectivity index (χ1v) is 8.98. The van der Waals surface area contributed by atoms with Crippen LogP contribution < -0.4 is 15.2 Å². The van der Waals surface area contributed by atoms with Gasteiger partial charge in [0.1, 0.15) is 0 Å². The van der Waals surface area contributed by atoms with Crippen LogP contribution in [-0.4, -0.2) is 44.2 Å². The van der Waals surface area contributed by atoms with Crippen LogP contribution in [0.4, 0.5) is 0 Å². The minimum Gasteiger partial charge on any atom is -0.493 e. The van der Waals surface area contributed by atoms with Gasteiger partial charge in [0.25, 0.3) is 0 Å². The van der Waals surface area contributed by atoms with Crippen molar-refractivity contribution in [3.05, 3.63) is 23.8 Å². The minimum atomic E-state index is 0.634. The van der Waals surface area contributed by atoms with Crippen LogP contribution in [0.15, 0.2) is 23.2 Å². The number of nitrogens with two attached hydrogens (primary N) is 1. The van der Waals surface area contributed by atoms with E-state index in [9.17, 15) is 0 Å². The summed E-state index contributed by atoms with van der Waals surface area (Å²) in [7, 11) is 1.66. The lowest BCUT2D eigenvalue weighted by Crippen LogP contribution is -2.42. The maximum Gasteiger partial charge on any atom is 0.191 e. The molecule has 1 heterocycles. The smallest absolute Gasteiger partial charge is 0.191 e. The van der Waals surface area contributed by atoms with Crippen molar-refractivity contribution < 1.29 is 9.47 Å². The van der Waals surface area contributed by atoms with E-state index in [1.165, 1.54) is 18.4 Å². The summed E-state index contributed by atoms with van der Waals surface area (Å²) in [5.74, 6) is 3.10. The normalized spacial score (nSPS) is 16.3. The van der Waals surface area contributed by atoms with Crippen molar-refractivity contribution in [2.24, 2.45) is 16.6 Å². The Hall–Kier alpha value is -1.91. The van der Waals surface area contributed by atoms with Gasteiger partial charge in [0.15, 0.2) is 17.5 Å². The lowest BCUT2D eigenvalue weighted by molar-refractivity contribution is 0.277. The zero-order valence-electron chi connectivity index (χ0n) is 15.3. The number of piperidine rings is 1. The van der Waals surface area contributed by atoms with Crippen molar-refractivity contribution in [3.8, 4) is 11.5 Å². The molecule has 0 aliphatic carbocycles. The Labute approximate surface area is 145 Å². The van der Waals surface area contributed by atoms with Crippen molar-refractivity contribution >= 4 is 5.96 Å². The number of hydrogen-bond acceptors (Lipinski definition) is 3. The first-order chi connectivity index (χ1) is 11.6. The summed E-state index contributed by atoms with van der Waals surface area (Å²) in [6, 6.07) is 6.11. The average molecular weight is 333 g/mol. The second-order valence-corrected chi connectivity index (χ2v) is 6.43. The third-order valence-corrected chi connectivity index (χ3v) is 4.53. The molecule has 1 aliphatic rings. The van der Waals surface area contributed by atoms with Crippen molar-refractivity contribution in [1.82, 2.24) is 4.90 Å². The monoisotopic (exact) mass is 333 g/mol. The first kappa shape index (κ1) is 18.4. The van der Waals surface area contributed by atoms with Gasteiger partial charge in [0, 0.05) is 19.6 Å². The van der Waals surface area contributed by atoms with E-state index in [-0.39, 0.29) is 0 Å². The molecule has 0 bridgehead atoms. The number of rotatable bonds is 7. The molecule has 0 aromatic heterocycles. The van der Waals surface area contributed by atoms with Crippen molar-refractivity contribution in [2.45, 2.75) is 39.5 Å². The highest BCUT2D eigenvalue weighted by atomic mass is 16.5. The fraction of sp³-hybridized carbons (Fsp3) is 0.632. The van der Waals surface area contributed by atoms with Crippen LogP contribution in [0.2, 0.25) is 0 Å². The molecule has 0 atom stereocenters. The van der Waals surface area contributed by atoms with Crippen LogP contribution in [0.25, 0.3) is 0 Å². The summed E-state index contributed by atoms with van der Waals surface area (Å²) in [6.45, 7) is 7.74. The molecule has 1 aromatic rings. The van der Waals surface area contributed by atoms with Crippen LogP contribution in [0, 0.1) is 5.92 Å². The second kappa shape index (κ2) is 9.40. The zero-order chi connectivity index (χ0) is 17.4. The SMILES string of the molecule is CCOc1cc(CCCN=C(N)N2CCC(C)CC2)ccc1OC. The van der Waals surface area contributed by atoms with Gasteiger partial charge in [-0.3, -0.25) is 4.99 Å². The Kier molecular flexibility index (Phi) is 7.22. The third-order valence-electron chi connectivity index (χ3n) is 4.53. The highest BCUT2D eigenvalue weighted by Gasteiger charge is 2.16. The molecule has 1 saturated heterocycles. The molecule has 5 heteroatoms. The van der Waals surface area contributed by atoms with Gasteiger partial charge in [-0.2, -0.15) is 0 Å². The Balaban J connectivity index is 1.81. The van der Waals surface area contributed by atoms with Gasteiger partial charge in [-0.15, -0.1) is 0 Å². The molecule has 0 unspecified atom stereocenters. The Morgan fingerprint density at radius 1 is 1.29 bits per heavy atom. The van der Waals surface area contributed by atoms with E-state index in [1.807, 2.05) is 13.0 Å². The van der Waals surface area contributed by atoms with Gasteiger partial charge in [-0.05, 0) is 56.2 Å². The van der Waals surface area contributed by atoms with Gasteiger partial charge in [0.2, 0.25) is 0 Å². The number of ether oxygens (including phenoxy) is 2. The molecule has 5 nitrogen and oxygen atoms in total. The van der Waals surface area contributed by atoms with Crippen LogP contribution >= 0.6 is 0 Å². The third kappa shape index (κ3) is 5.32. The fourth-order valence-corrected chi connectivity index (χ4v) is 2.96. The van der Waals surface area contributed by atoms with E-state index >= 15 is 0 Å². The summed E-state index contributed by atoms with van der Waals surface area (Å²) in [4.78, 5) is 6.75. The van der Waals surface area contributed by atoms with E-state index < -0.39 is 0 Å². The number of nitrogens with zero attached hydrogens (tertiary/aromatic N) is 2. The average Bonchev–Trinajstić information content (AvgIpc) is 2.59. The molecule has 1 fully saturated rings.